The monoisotopic (exact) mass is 162 g/mol. The van der Waals surface area contributed by atoms with Gasteiger partial charge in [-0.05, 0) is 19.1 Å². The fourth-order valence-electron chi connectivity index (χ4n) is 1.06. The molecule has 12 heavy (non-hydrogen) atoms. The predicted octanol–water partition coefficient (Wildman–Crippen LogP) is 1.16. The third-order valence-electron chi connectivity index (χ3n) is 1.58. The Balaban J connectivity index is 2.47. The zero-order valence-corrected chi connectivity index (χ0v) is 6.86. The van der Waals surface area contributed by atoms with Gasteiger partial charge < -0.3 is 5.32 Å². The molecule has 2 aromatic rings. The van der Waals surface area contributed by atoms with Gasteiger partial charge in [0, 0.05) is 12.7 Å². The minimum absolute atomic E-state index is 0.684. The molecule has 1 N–H and O–H groups in total. The molecule has 62 valence electrons. The van der Waals surface area contributed by atoms with Gasteiger partial charge in [-0.15, -0.1) is 5.10 Å². The molecule has 2 heterocycles. The average Bonchev–Trinajstić information content (AvgIpc) is 2.47. The van der Waals surface area contributed by atoms with Crippen LogP contribution in [0, 0.1) is 0 Å². The minimum atomic E-state index is 0.684. The maximum absolute atomic E-state index is 4.24. The summed E-state index contributed by atoms with van der Waals surface area (Å²) in [5.41, 5.74) is 0.869. The lowest BCUT2D eigenvalue weighted by Crippen LogP contribution is -1.98. The Morgan fingerprint density at radius 2 is 2.42 bits per heavy atom. The maximum Gasteiger partial charge on any atom is 0.243 e. The highest BCUT2D eigenvalue weighted by Crippen LogP contribution is 2.03. The second-order valence-electron chi connectivity index (χ2n) is 2.47. The predicted molar refractivity (Wildman–Crippen MR) is 47.2 cm³/mol. The van der Waals surface area contributed by atoms with Crippen molar-refractivity contribution in [2.24, 2.45) is 0 Å². The summed E-state index contributed by atoms with van der Waals surface area (Å²) in [6, 6.07) is 5.80. The molecule has 4 heteroatoms. The van der Waals surface area contributed by atoms with Crippen LogP contribution in [-0.2, 0) is 0 Å². The van der Waals surface area contributed by atoms with Gasteiger partial charge in [0.15, 0.2) is 5.65 Å². The van der Waals surface area contributed by atoms with Crippen molar-refractivity contribution in [2.45, 2.75) is 6.92 Å². The Labute approximate surface area is 70.2 Å². The first-order valence-electron chi connectivity index (χ1n) is 3.95. The maximum atomic E-state index is 4.24. The number of anilines is 1. The van der Waals surface area contributed by atoms with E-state index in [2.05, 4.69) is 15.4 Å². The Hall–Kier alpha value is -1.58. The molecular weight excluding hydrogens is 152 g/mol. The van der Waals surface area contributed by atoms with E-state index in [0.29, 0.717) is 5.95 Å². The van der Waals surface area contributed by atoms with Crippen LogP contribution in [0.25, 0.3) is 5.65 Å². The number of nitrogens with one attached hydrogen (secondary N) is 1. The molecule has 0 aliphatic heterocycles. The second-order valence-corrected chi connectivity index (χ2v) is 2.47. The van der Waals surface area contributed by atoms with Gasteiger partial charge in [0.05, 0.1) is 0 Å². The normalized spacial score (nSPS) is 10.4. The van der Waals surface area contributed by atoms with Gasteiger partial charge >= 0.3 is 0 Å². The van der Waals surface area contributed by atoms with Crippen LogP contribution in [0.5, 0.6) is 0 Å². The van der Waals surface area contributed by atoms with Crippen LogP contribution in [0.4, 0.5) is 5.95 Å². The summed E-state index contributed by atoms with van der Waals surface area (Å²) >= 11 is 0. The van der Waals surface area contributed by atoms with Crippen molar-refractivity contribution in [1.29, 1.82) is 0 Å². The van der Waals surface area contributed by atoms with Crippen LogP contribution in [0.2, 0.25) is 0 Å². The van der Waals surface area contributed by atoms with Gasteiger partial charge in [0.2, 0.25) is 5.95 Å². The third-order valence-corrected chi connectivity index (χ3v) is 1.58. The van der Waals surface area contributed by atoms with Crippen molar-refractivity contribution in [3.8, 4) is 0 Å². The number of rotatable bonds is 2. The van der Waals surface area contributed by atoms with Crippen LogP contribution < -0.4 is 5.32 Å². The molecule has 0 saturated heterocycles. The minimum Gasteiger partial charge on any atom is -0.353 e. The third kappa shape index (κ3) is 1.11. The van der Waals surface area contributed by atoms with Crippen LogP contribution in [0.3, 0.4) is 0 Å². The topological polar surface area (TPSA) is 42.2 Å². The molecule has 0 aliphatic carbocycles. The van der Waals surface area contributed by atoms with Gasteiger partial charge in [-0.2, -0.15) is 4.98 Å². The highest BCUT2D eigenvalue weighted by Gasteiger charge is 1.98. The Morgan fingerprint density at radius 3 is 3.17 bits per heavy atom. The Bertz CT molecular complexity index is 346. The van der Waals surface area contributed by atoms with Crippen molar-refractivity contribution < 1.29 is 0 Å². The lowest BCUT2D eigenvalue weighted by Gasteiger charge is -1.90. The van der Waals surface area contributed by atoms with Crippen molar-refractivity contribution in [3.63, 3.8) is 0 Å². The first-order chi connectivity index (χ1) is 5.90. The van der Waals surface area contributed by atoms with E-state index in [4.69, 9.17) is 0 Å². The molecule has 0 spiro atoms. The quantitative estimate of drug-likeness (QED) is 0.720. The SMILES string of the molecule is CCNc1nc2ccccn2n1. The van der Waals surface area contributed by atoms with E-state index in [1.165, 1.54) is 0 Å². The molecule has 0 aliphatic rings. The lowest BCUT2D eigenvalue weighted by molar-refractivity contribution is 0.955. The molecule has 0 fully saturated rings. The van der Waals surface area contributed by atoms with Gasteiger partial charge in [0.1, 0.15) is 0 Å². The molecule has 0 amide bonds. The van der Waals surface area contributed by atoms with Crippen molar-refractivity contribution in [1.82, 2.24) is 14.6 Å². The van der Waals surface area contributed by atoms with E-state index in [1.54, 1.807) is 4.52 Å². The van der Waals surface area contributed by atoms with E-state index >= 15 is 0 Å². The average molecular weight is 162 g/mol. The molecule has 2 rings (SSSR count). The molecule has 0 atom stereocenters. The summed E-state index contributed by atoms with van der Waals surface area (Å²) in [5, 5.41) is 7.25. The van der Waals surface area contributed by atoms with E-state index < -0.39 is 0 Å². The number of nitrogens with zero attached hydrogens (tertiary/aromatic N) is 3. The largest absolute Gasteiger partial charge is 0.353 e. The highest BCUT2D eigenvalue weighted by molar-refractivity contribution is 5.42. The first kappa shape index (κ1) is 7.09. The fourth-order valence-corrected chi connectivity index (χ4v) is 1.06. The van der Waals surface area contributed by atoms with Gasteiger partial charge in [0.25, 0.3) is 0 Å². The van der Waals surface area contributed by atoms with Crippen LogP contribution in [0.1, 0.15) is 6.92 Å². The molecule has 0 radical (unpaired) electrons. The van der Waals surface area contributed by atoms with E-state index in [0.717, 1.165) is 12.2 Å². The first-order valence-corrected chi connectivity index (χ1v) is 3.95. The summed E-state index contributed by atoms with van der Waals surface area (Å²) in [7, 11) is 0. The summed E-state index contributed by atoms with van der Waals surface area (Å²) < 4.78 is 1.75. The number of pyridine rings is 1. The lowest BCUT2D eigenvalue weighted by atomic mass is 10.5. The summed E-state index contributed by atoms with van der Waals surface area (Å²) in [4.78, 5) is 4.24. The fraction of sp³-hybridized carbons (Fsp3) is 0.250. The van der Waals surface area contributed by atoms with E-state index in [-0.39, 0.29) is 0 Å². The van der Waals surface area contributed by atoms with E-state index in [1.807, 2.05) is 31.3 Å². The molecule has 4 nitrogen and oxygen atoms in total. The number of fused-ring (bicyclic) bond motifs is 1. The van der Waals surface area contributed by atoms with Crippen LogP contribution >= 0.6 is 0 Å². The van der Waals surface area contributed by atoms with Crippen molar-refractivity contribution in [3.05, 3.63) is 24.4 Å². The van der Waals surface area contributed by atoms with Crippen molar-refractivity contribution in [2.75, 3.05) is 11.9 Å². The van der Waals surface area contributed by atoms with Crippen LogP contribution in [0.15, 0.2) is 24.4 Å². The smallest absolute Gasteiger partial charge is 0.243 e. The molecule has 0 aromatic carbocycles. The Kier molecular flexibility index (Phi) is 1.66. The molecule has 0 unspecified atom stereocenters. The highest BCUT2D eigenvalue weighted by atomic mass is 15.3. The molecule has 0 saturated carbocycles. The van der Waals surface area contributed by atoms with Gasteiger partial charge in [-0.3, -0.25) is 0 Å². The molecule has 2 aromatic heterocycles. The van der Waals surface area contributed by atoms with Crippen LogP contribution in [-0.4, -0.2) is 21.1 Å². The summed E-state index contributed by atoms with van der Waals surface area (Å²) in [6.07, 6.45) is 1.88. The Morgan fingerprint density at radius 1 is 1.50 bits per heavy atom. The van der Waals surface area contributed by atoms with Crippen molar-refractivity contribution >= 4 is 11.6 Å². The van der Waals surface area contributed by atoms with Gasteiger partial charge in [-0.25, -0.2) is 4.52 Å². The number of hydrogen-bond acceptors (Lipinski definition) is 3. The standard InChI is InChI=1S/C8H10N4/c1-2-9-8-10-7-5-3-4-6-12(7)11-8/h3-6H,2H2,1H3,(H,9,11). The zero-order valence-electron chi connectivity index (χ0n) is 6.86. The van der Waals surface area contributed by atoms with Gasteiger partial charge in [-0.1, -0.05) is 6.07 Å². The second kappa shape index (κ2) is 2.81. The summed E-state index contributed by atoms with van der Waals surface area (Å²) in [5.74, 6) is 0.684. The number of aromatic nitrogens is 3. The number of hydrogen-bond donors (Lipinski definition) is 1. The zero-order chi connectivity index (χ0) is 8.39. The van der Waals surface area contributed by atoms with E-state index in [9.17, 15) is 0 Å². The summed E-state index contributed by atoms with van der Waals surface area (Å²) in [6.45, 7) is 2.86. The molecule has 0 bridgehead atoms. The molecular formula is C8H10N4.